The molecule has 0 spiro atoms. The highest BCUT2D eigenvalue weighted by Gasteiger charge is 2.12. The number of Topliss-reactive ketones (excluding diaryl/α,β-unsaturated/α-hetero) is 1. The highest BCUT2D eigenvalue weighted by atomic mass is 16.5. The zero-order chi connectivity index (χ0) is 26.6. The molecule has 8 nitrogen and oxygen atoms in total. The molecular formula is C29H26O8. The van der Waals surface area contributed by atoms with E-state index < -0.39 is 17.9 Å². The monoisotopic (exact) mass is 502 g/mol. The van der Waals surface area contributed by atoms with Crippen LogP contribution in [0, 0.1) is 0 Å². The molecule has 0 bridgehead atoms. The fraction of sp³-hybridized carbons (Fsp3) is 0.172. The zero-order valence-electron chi connectivity index (χ0n) is 20.3. The lowest BCUT2D eigenvalue weighted by molar-refractivity contribution is -0.137. The Morgan fingerprint density at radius 2 is 1.08 bits per heavy atom. The van der Waals surface area contributed by atoms with E-state index in [1.807, 2.05) is 0 Å². The second kappa shape index (κ2) is 13.4. The Bertz CT molecular complexity index is 1240. The molecule has 0 saturated heterocycles. The van der Waals surface area contributed by atoms with Gasteiger partial charge in [0.1, 0.15) is 17.2 Å². The number of esters is 3. The van der Waals surface area contributed by atoms with E-state index in [0.29, 0.717) is 48.7 Å². The molecule has 8 heteroatoms. The fourth-order valence-electron chi connectivity index (χ4n) is 3.06. The summed E-state index contributed by atoms with van der Waals surface area (Å²) < 4.78 is 21.2. The molecule has 0 fully saturated rings. The van der Waals surface area contributed by atoms with E-state index in [2.05, 4.69) is 6.58 Å². The van der Waals surface area contributed by atoms with Crippen LogP contribution in [-0.2, 0) is 9.53 Å². The van der Waals surface area contributed by atoms with Crippen molar-refractivity contribution in [1.82, 2.24) is 0 Å². The van der Waals surface area contributed by atoms with Gasteiger partial charge in [-0.3, -0.25) is 4.79 Å². The molecule has 37 heavy (non-hydrogen) atoms. The summed E-state index contributed by atoms with van der Waals surface area (Å²) in [5.41, 5.74) is 1.13. The van der Waals surface area contributed by atoms with Crippen molar-refractivity contribution in [2.75, 3.05) is 13.2 Å². The molecule has 0 radical (unpaired) electrons. The van der Waals surface area contributed by atoms with Crippen LogP contribution in [0.5, 0.6) is 17.2 Å². The molecule has 0 saturated carbocycles. The molecular weight excluding hydrogens is 476 g/mol. The van der Waals surface area contributed by atoms with Crippen LogP contribution < -0.4 is 14.2 Å². The molecule has 3 rings (SSSR count). The van der Waals surface area contributed by atoms with Gasteiger partial charge in [0, 0.05) is 11.6 Å². The first-order valence-electron chi connectivity index (χ1n) is 11.5. The molecule has 0 unspecified atom stereocenters. The van der Waals surface area contributed by atoms with Crippen molar-refractivity contribution in [3.63, 3.8) is 0 Å². The number of rotatable bonds is 12. The number of unbranched alkanes of at least 4 members (excludes halogenated alkanes) is 1. The first kappa shape index (κ1) is 26.9. The summed E-state index contributed by atoms with van der Waals surface area (Å²) >= 11 is 0. The molecule has 0 aromatic heterocycles. The maximum Gasteiger partial charge on any atom is 0.343 e. The van der Waals surface area contributed by atoms with E-state index in [1.165, 1.54) is 31.2 Å². The lowest BCUT2D eigenvalue weighted by atomic mass is 10.1. The van der Waals surface area contributed by atoms with Crippen molar-refractivity contribution in [1.29, 1.82) is 0 Å². The van der Waals surface area contributed by atoms with Crippen molar-refractivity contribution in [3.05, 3.63) is 102 Å². The van der Waals surface area contributed by atoms with Crippen molar-refractivity contribution in [2.45, 2.75) is 19.8 Å². The average Bonchev–Trinajstić information content (AvgIpc) is 2.91. The molecule has 3 aromatic rings. The SMILES string of the molecule is C=CC(=O)OCCCCOc1ccc(C(=O)Oc2ccc(C(=O)Oc3ccc(C(C)=O)cc3)cc2)cc1. The summed E-state index contributed by atoms with van der Waals surface area (Å²) in [5, 5.41) is 0. The number of carbonyl (C=O) groups excluding carboxylic acids is 4. The predicted octanol–water partition coefficient (Wildman–Crippen LogP) is 5.22. The lowest BCUT2D eigenvalue weighted by Gasteiger charge is -2.08. The fourth-order valence-corrected chi connectivity index (χ4v) is 3.06. The standard InChI is InChI=1S/C29H26O8/c1-3-27(31)35-19-5-4-18-34-24-12-8-22(9-13-24)28(32)37-26-16-10-23(11-17-26)29(33)36-25-14-6-21(7-15-25)20(2)30/h3,6-17H,1,4-5,18-19H2,2H3. The minimum Gasteiger partial charge on any atom is -0.494 e. The third kappa shape index (κ3) is 8.47. The molecule has 0 aliphatic rings. The van der Waals surface area contributed by atoms with E-state index in [4.69, 9.17) is 18.9 Å². The Morgan fingerprint density at radius 1 is 0.649 bits per heavy atom. The van der Waals surface area contributed by atoms with E-state index >= 15 is 0 Å². The number of ether oxygens (including phenoxy) is 4. The van der Waals surface area contributed by atoms with E-state index in [9.17, 15) is 19.2 Å². The van der Waals surface area contributed by atoms with Gasteiger partial charge in [-0.05, 0) is 92.6 Å². The highest BCUT2D eigenvalue weighted by Crippen LogP contribution is 2.19. The van der Waals surface area contributed by atoms with Gasteiger partial charge in [-0.2, -0.15) is 0 Å². The summed E-state index contributed by atoms with van der Waals surface area (Å²) in [7, 11) is 0. The van der Waals surface area contributed by atoms with Crippen LogP contribution in [0.15, 0.2) is 85.5 Å². The van der Waals surface area contributed by atoms with Crippen LogP contribution in [-0.4, -0.2) is 36.9 Å². The molecule has 190 valence electrons. The van der Waals surface area contributed by atoms with Crippen LogP contribution >= 0.6 is 0 Å². The predicted molar refractivity (Wildman–Crippen MR) is 135 cm³/mol. The van der Waals surface area contributed by atoms with Gasteiger partial charge in [0.05, 0.1) is 24.3 Å². The van der Waals surface area contributed by atoms with E-state index in [0.717, 1.165) is 6.08 Å². The molecule has 0 atom stereocenters. The maximum absolute atomic E-state index is 12.4. The topological polar surface area (TPSA) is 105 Å². The third-order valence-electron chi connectivity index (χ3n) is 5.08. The summed E-state index contributed by atoms with van der Waals surface area (Å²) in [6, 6.07) is 18.7. The van der Waals surface area contributed by atoms with Gasteiger partial charge in [0.15, 0.2) is 5.78 Å². The molecule has 0 aliphatic heterocycles. The van der Waals surface area contributed by atoms with Gasteiger partial charge in [-0.1, -0.05) is 6.58 Å². The number of hydrogen-bond donors (Lipinski definition) is 0. The van der Waals surface area contributed by atoms with Crippen LogP contribution in [0.25, 0.3) is 0 Å². The Balaban J connectivity index is 1.45. The van der Waals surface area contributed by atoms with Crippen LogP contribution in [0.2, 0.25) is 0 Å². The minimum absolute atomic E-state index is 0.0790. The first-order valence-corrected chi connectivity index (χ1v) is 11.5. The summed E-state index contributed by atoms with van der Waals surface area (Å²) in [4.78, 5) is 47.1. The number of carbonyl (C=O) groups is 4. The lowest BCUT2D eigenvalue weighted by Crippen LogP contribution is -2.10. The van der Waals surface area contributed by atoms with E-state index in [-0.39, 0.29) is 17.1 Å². The zero-order valence-corrected chi connectivity index (χ0v) is 20.3. The van der Waals surface area contributed by atoms with Crippen LogP contribution in [0.3, 0.4) is 0 Å². The van der Waals surface area contributed by atoms with Crippen LogP contribution in [0.4, 0.5) is 0 Å². The average molecular weight is 503 g/mol. The molecule has 0 aliphatic carbocycles. The summed E-state index contributed by atoms with van der Waals surface area (Å²) in [5.74, 6) is -0.492. The van der Waals surface area contributed by atoms with Gasteiger partial charge in [-0.25, -0.2) is 14.4 Å². The Kier molecular flexibility index (Phi) is 9.73. The van der Waals surface area contributed by atoms with Crippen molar-refractivity contribution < 1.29 is 38.1 Å². The maximum atomic E-state index is 12.4. The minimum atomic E-state index is -0.582. The van der Waals surface area contributed by atoms with Gasteiger partial charge in [0.2, 0.25) is 0 Å². The quantitative estimate of drug-likeness (QED) is 0.109. The molecule has 0 heterocycles. The highest BCUT2D eigenvalue weighted by molar-refractivity contribution is 5.95. The van der Waals surface area contributed by atoms with Crippen LogP contribution in [0.1, 0.15) is 50.8 Å². The third-order valence-corrected chi connectivity index (χ3v) is 5.08. The Hall–Kier alpha value is -4.72. The Labute approximate surface area is 214 Å². The number of benzene rings is 3. The van der Waals surface area contributed by atoms with Gasteiger partial charge >= 0.3 is 17.9 Å². The molecule has 3 aromatic carbocycles. The first-order chi connectivity index (χ1) is 17.9. The number of hydrogen-bond acceptors (Lipinski definition) is 8. The molecule has 0 N–H and O–H groups in total. The second-order valence-electron chi connectivity index (χ2n) is 7.84. The van der Waals surface area contributed by atoms with Crippen molar-refractivity contribution >= 4 is 23.7 Å². The van der Waals surface area contributed by atoms with E-state index in [1.54, 1.807) is 48.5 Å². The summed E-state index contributed by atoms with van der Waals surface area (Å²) in [6.07, 6.45) is 2.48. The van der Waals surface area contributed by atoms with Crippen molar-refractivity contribution in [2.24, 2.45) is 0 Å². The largest absolute Gasteiger partial charge is 0.494 e. The Morgan fingerprint density at radius 3 is 1.54 bits per heavy atom. The second-order valence-corrected chi connectivity index (χ2v) is 7.84. The van der Waals surface area contributed by atoms with Gasteiger partial charge in [0.25, 0.3) is 0 Å². The normalized spacial score (nSPS) is 10.2. The summed E-state index contributed by atoms with van der Waals surface area (Å²) in [6.45, 7) is 5.53. The van der Waals surface area contributed by atoms with Gasteiger partial charge < -0.3 is 18.9 Å². The number of ketones is 1. The van der Waals surface area contributed by atoms with Gasteiger partial charge in [-0.15, -0.1) is 0 Å². The molecule has 0 amide bonds. The smallest absolute Gasteiger partial charge is 0.343 e. The van der Waals surface area contributed by atoms with Crippen molar-refractivity contribution in [3.8, 4) is 17.2 Å².